The Morgan fingerprint density at radius 3 is 3.09 bits per heavy atom. The summed E-state index contributed by atoms with van der Waals surface area (Å²) < 4.78 is 5.25. The first kappa shape index (κ1) is 14.4. The van der Waals surface area contributed by atoms with Gasteiger partial charge in [0.1, 0.15) is 5.69 Å². The van der Waals surface area contributed by atoms with Gasteiger partial charge in [-0.2, -0.15) is 4.98 Å². The molecule has 2 heterocycles. The zero-order valence-corrected chi connectivity index (χ0v) is 12.0. The summed E-state index contributed by atoms with van der Waals surface area (Å²) in [6.07, 6.45) is 0. The van der Waals surface area contributed by atoms with Crippen molar-refractivity contribution in [1.82, 2.24) is 20.4 Å². The number of nitrogens with two attached hydrogens (primary N) is 1. The van der Waals surface area contributed by atoms with Gasteiger partial charge in [-0.05, 0) is 19.2 Å². The van der Waals surface area contributed by atoms with Gasteiger partial charge in [-0.15, -0.1) is 0 Å². The standard InChI is InChI=1S/C13H16N6O3/c1-18-5-4-15-7-11(18)12-16-13(22-17-12)8-2-3-9(14)10(6-8)19(20)21/h2-3,6,11,15H,4-5,7,14H2,1H3. The average Bonchev–Trinajstić information content (AvgIpc) is 2.97. The number of nitro benzene ring substituents is 1. The fourth-order valence-corrected chi connectivity index (χ4v) is 2.42. The quantitative estimate of drug-likeness (QED) is 0.485. The second kappa shape index (κ2) is 5.70. The number of hydrogen-bond acceptors (Lipinski definition) is 8. The fourth-order valence-electron chi connectivity index (χ4n) is 2.42. The van der Waals surface area contributed by atoms with Crippen LogP contribution < -0.4 is 11.1 Å². The lowest BCUT2D eigenvalue weighted by Gasteiger charge is -2.30. The number of nitro groups is 1. The second-order valence-electron chi connectivity index (χ2n) is 5.19. The van der Waals surface area contributed by atoms with Crippen LogP contribution in [0.4, 0.5) is 11.4 Å². The van der Waals surface area contributed by atoms with E-state index in [1.54, 1.807) is 6.07 Å². The van der Waals surface area contributed by atoms with Crippen LogP contribution in [0.2, 0.25) is 0 Å². The van der Waals surface area contributed by atoms with Crippen LogP contribution in [-0.2, 0) is 0 Å². The van der Waals surface area contributed by atoms with Crippen molar-refractivity contribution in [3.05, 3.63) is 34.1 Å². The molecule has 1 aromatic heterocycles. The zero-order valence-electron chi connectivity index (χ0n) is 12.0. The van der Waals surface area contributed by atoms with E-state index in [9.17, 15) is 10.1 Å². The van der Waals surface area contributed by atoms with Crippen molar-refractivity contribution in [2.24, 2.45) is 0 Å². The number of nitrogens with one attached hydrogen (secondary N) is 1. The van der Waals surface area contributed by atoms with Crippen LogP contribution in [0.3, 0.4) is 0 Å². The number of aromatic nitrogens is 2. The van der Waals surface area contributed by atoms with E-state index in [1.807, 2.05) is 7.05 Å². The maximum Gasteiger partial charge on any atom is 0.292 e. The number of piperazine rings is 1. The van der Waals surface area contributed by atoms with Crippen LogP contribution in [0.25, 0.3) is 11.5 Å². The summed E-state index contributed by atoms with van der Waals surface area (Å²) in [5, 5.41) is 18.2. The summed E-state index contributed by atoms with van der Waals surface area (Å²) in [5.41, 5.74) is 5.99. The predicted octanol–water partition coefficient (Wildman–Crippen LogP) is 0.803. The van der Waals surface area contributed by atoms with E-state index in [0.29, 0.717) is 11.4 Å². The van der Waals surface area contributed by atoms with Crippen molar-refractivity contribution in [3.63, 3.8) is 0 Å². The minimum absolute atomic E-state index is 0.0232. The Morgan fingerprint density at radius 1 is 1.55 bits per heavy atom. The van der Waals surface area contributed by atoms with Crippen LogP contribution in [-0.4, -0.2) is 46.6 Å². The number of nitrogens with zero attached hydrogens (tertiary/aromatic N) is 4. The Bertz CT molecular complexity index is 701. The SMILES string of the molecule is CN1CCNCC1c1noc(-c2ccc(N)c([N+](=O)[O-])c2)n1. The van der Waals surface area contributed by atoms with Gasteiger partial charge in [0.15, 0.2) is 5.82 Å². The van der Waals surface area contributed by atoms with E-state index in [2.05, 4.69) is 20.4 Å². The molecule has 9 nitrogen and oxygen atoms in total. The Labute approximate surface area is 126 Å². The molecule has 0 radical (unpaired) electrons. The molecule has 1 saturated heterocycles. The molecule has 0 aliphatic carbocycles. The Morgan fingerprint density at radius 2 is 2.36 bits per heavy atom. The van der Waals surface area contributed by atoms with Gasteiger partial charge < -0.3 is 15.6 Å². The van der Waals surface area contributed by atoms with E-state index in [-0.39, 0.29) is 23.3 Å². The molecule has 0 saturated carbocycles. The van der Waals surface area contributed by atoms with Crippen LogP contribution in [0, 0.1) is 10.1 Å². The summed E-state index contributed by atoms with van der Waals surface area (Å²) in [5.74, 6) is 0.807. The van der Waals surface area contributed by atoms with Gasteiger partial charge in [-0.1, -0.05) is 5.16 Å². The first-order valence-electron chi connectivity index (χ1n) is 6.85. The minimum Gasteiger partial charge on any atom is -0.393 e. The van der Waals surface area contributed by atoms with Gasteiger partial charge >= 0.3 is 0 Å². The molecule has 1 unspecified atom stereocenters. The van der Waals surface area contributed by atoms with Gasteiger partial charge in [0.2, 0.25) is 0 Å². The molecule has 3 rings (SSSR count). The second-order valence-corrected chi connectivity index (χ2v) is 5.19. The third-order valence-corrected chi connectivity index (χ3v) is 3.72. The third-order valence-electron chi connectivity index (χ3n) is 3.72. The van der Waals surface area contributed by atoms with E-state index in [1.165, 1.54) is 12.1 Å². The van der Waals surface area contributed by atoms with Gasteiger partial charge in [-0.25, -0.2) is 0 Å². The Hall–Kier alpha value is -2.52. The molecule has 3 N–H and O–H groups in total. The number of nitrogen functional groups attached to an aromatic ring is 1. The Balaban J connectivity index is 1.90. The van der Waals surface area contributed by atoms with E-state index >= 15 is 0 Å². The van der Waals surface area contributed by atoms with Crippen LogP contribution in [0.5, 0.6) is 0 Å². The number of anilines is 1. The van der Waals surface area contributed by atoms with Gasteiger partial charge in [0.25, 0.3) is 11.6 Å². The third kappa shape index (κ3) is 2.63. The summed E-state index contributed by atoms with van der Waals surface area (Å²) >= 11 is 0. The monoisotopic (exact) mass is 304 g/mol. The highest BCUT2D eigenvalue weighted by Crippen LogP contribution is 2.29. The molecular formula is C13H16N6O3. The molecule has 9 heteroatoms. The Kier molecular flexibility index (Phi) is 3.73. The molecule has 0 spiro atoms. The highest BCUT2D eigenvalue weighted by Gasteiger charge is 2.26. The van der Waals surface area contributed by atoms with E-state index in [0.717, 1.165) is 19.6 Å². The molecule has 1 aliphatic rings. The summed E-state index contributed by atoms with van der Waals surface area (Å²) in [6.45, 7) is 2.54. The lowest BCUT2D eigenvalue weighted by atomic mass is 10.1. The highest BCUT2D eigenvalue weighted by atomic mass is 16.6. The van der Waals surface area contributed by atoms with E-state index < -0.39 is 4.92 Å². The molecule has 1 fully saturated rings. The van der Waals surface area contributed by atoms with Crippen LogP contribution in [0.15, 0.2) is 22.7 Å². The van der Waals surface area contributed by atoms with Crippen LogP contribution >= 0.6 is 0 Å². The van der Waals surface area contributed by atoms with Crippen molar-refractivity contribution < 1.29 is 9.45 Å². The molecule has 0 bridgehead atoms. The molecule has 1 atom stereocenters. The van der Waals surface area contributed by atoms with Crippen molar-refractivity contribution in [1.29, 1.82) is 0 Å². The molecule has 1 aromatic carbocycles. The largest absolute Gasteiger partial charge is 0.393 e. The van der Waals surface area contributed by atoms with Crippen molar-refractivity contribution in [2.75, 3.05) is 32.4 Å². The highest BCUT2D eigenvalue weighted by molar-refractivity contribution is 5.67. The normalized spacial score (nSPS) is 19.2. The summed E-state index contributed by atoms with van der Waals surface area (Å²) in [4.78, 5) is 16.9. The number of rotatable bonds is 3. The molecular weight excluding hydrogens is 288 g/mol. The molecule has 0 amide bonds. The van der Waals surface area contributed by atoms with Gasteiger partial charge in [-0.3, -0.25) is 15.0 Å². The number of hydrogen-bond donors (Lipinski definition) is 2. The van der Waals surface area contributed by atoms with Gasteiger partial charge in [0, 0.05) is 31.3 Å². The average molecular weight is 304 g/mol. The molecule has 22 heavy (non-hydrogen) atoms. The summed E-state index contributed by atoms with van der Waals surface area (Å²) in [7, 11) is 2.00. The van der Waals surface area contributed by atoms with E-state index in [4.69, 9.17) is 10.3 Å². The molecule has 1 aliphatic heterocycles. The number of benzene rings is 1. The smallest absolute Gasteiger partial charge is 0.292 e. The first-order valence-corrected chi connectivity index (χ1v) is 6.85. The predicted molar refractivity (Wildman–Crippen MR) is 79.0 cm³/mol. The topological polar surface area (TPSA) is 123 Å². The maximum atomic E-state index is 10.9. The lowest BCUT2D eigenvalue weighted by molar-refractivity contribution is -0.383. The van der Waals surface area contributed by atoms with Crippen molar-refractivity contribution >= 4 is 11.4 Å². The summed E-state index contributed by atoms with van der Waals surface area (Å²) in [6, 6.07) is 4.46. The first-order chi connectivity index (χ1) is 10.6. The van der Waals surface area contributed by atoms with Crippen LogP contribution in [0.1, 0.15) is 11.9 Å². The number of likely N-dealkylation sites (N-methyl/N-ethyl adjacent to an activating group) is 1. The van der Waals surface area contributed by atoms with Crippen molar-refractivity contribution in [3.8, 4) is 11.5 Å². The minimum atomic E-state index is -0.533. The zero-order chi connectivity index (χ0) is 15.7. The van der Waals surface area contributed by atoms with Crippen molar-refractivity contribution in [2.45, 2.75) is 6.04 Å². The maximum absolute atomic E-state index is 10.9. The molecule has 116 valence electrons. The lowest BCUT2D eigenvalue weighted by Crippen LogP contribution is -2.44. The molecule has 2 aromatic rings. The fraction of sp³-hybridized carbons (Fsp3) is 0.385. The van der Waals surface area contributed by atoms with Gasteiger partial charge in [0.05, 0.1) is 11.0 Å².